The van der Waals surface area contributed by atoms with E-state index in [1.54, 1.807) is 0 Å². The number of rotatable bonds is 5. The minimum atomic E-state index is 0.0792. The van der Waals surface area contributed by atoms with Gasteiger partial charge in [0.25, 0.3) is 0 Å². The minimum Gasteiger partial charge on any atom is -0.384 e. The third-order valence-electron chi connectivity index (χ3n) is 3.62. The minimum absolute atomic E-state index is 0.0792. The Morgan fingerprint density at radius 3 is 2.74 bits per heavy atom. The molecule has 0 amide bonds. The summed E-state index contributed by atoms with van der Waals surface area (Å²) < 4.78 is 0. The van der Waals surface area contributed by atoms with E-state index in [4.69, 9.17) is 11.1 Å². The van der Waals surface area contributed by atoms with Gasteiger partial charge in [0.15, 0.2) is 0 Å². The van der Waals surface area contributed by atoms with Gasteiger partial charge < -0.3 is 15.5 Å². The fourth-order valence-electron chi connectivity index (χ4n) is 2.45. The van der Waals surface area contributed by atoms with Gasteiger partial charge in [0.05, 0.1) is 5.56 Å². The van der Waals surface area contributed by atoms with Crippen molar-refractivity contribution in [3.63, 3.8) is 0 Å². The Labute approximate surface area is 114 Å². The van der Waals surface area contributed by atoms with Gasteiger partial charge in [-0.25, -0.2) is 4.98 Å². The Morgan fingerprint density at radius 1 is 1.42 bits per heavy atom. The van der Waals surface area contributed by atoms with Crippen LogP contribution in [-0.2, 0) is 0 Å². The zero-order valence-corrected chi connectivity index (χ0v) is 11.8. The summed E-state index contributed by atoms with van der Waals surface area (Å²) in [7, 11) is 2.02. The molecule has 5 heteroatoms. The smallest absolute Gasteiger partial charge is 0.139 e. The molecule has 0 aliphatic carbocycles. The first-order chi connectivity index (χ1) is 9.08. The van der Waals surface area contributed by atoms with Gasteiger partial charge in [-0.2, -0.15) is 0 Å². The van der Waals surface area contributed by atoms with Crippen molar-refractivity contribution in [1.82, 2.24) is 9.88 Å². The first kappa shape index (κ1) is 13.8. The van der Waals surface area contributed by atoms with E-state index >= 15 is 0 Å². The molecule has 0 bridgehead atoms. The fourth-order valence-corrected chi connectivity index (χ4v) is 2.45. The third-order valence-corrected chi connectivity index (χ3v) is 3.62. The number of nitrogen functional groups attached to an aromatic ring is 1. The van der Waals surface area contributed by atoms with Crippen LogP contribution >= 0.6 is 0 Å². The van der Waals surface area contributed by atoms with Gasteiger partial charge in [-0.15, -0.1) is 0 Å². The summed E-state index contributed by atoms with van der Waals surface area (Å²) in [5.74, 6) is 0.891. The number of aryl methyl sites for hydroxylation is 1. The summed E-state index contributed by atoms with van der Waals surface area (Å²) >= 11 is 0. The van der Waals surface area contributed by atoms with Crippen LogP contribution in [0.1, 0.15) is 24.1 Å². The van der Waals surface area contributed by atoms with Crippen molar-refractivity contribution in [2.24, 2.45) is 5.73 Å². The van der Waals surface area contributed by atoms with Crippen LogP contribution in [0, 0.1) is 12.3 Å². The highest BCUT2D eigenvalue weighted by atomic mass is 15.2. The molecule has 0 atom stereocenters. The van der Waals surface area contributed by atoms with E-state index in [-0.39, 0.29) is 5.84 Å². The van der Waals surface area contributed by atoms with E-state index in [0.29, 0.717) is 0 Å². The van der Waals surface area contributed by atoms with E-state index in [0.717, 1.165) is 30.2 Å². The van der Waals surface area contributed by atoms with Crippen LogP contribution in [0.25, 0.3) is 0 Å². The average Bonchev–Trinajstić information content (AvgIpc) is 2.88. The van der Waals surface area contributed by atoms with E-state index in [2.05, 4.69) is 14.8 Å². The monoisotopic (exact) mass is 261 g/mol. The molecule has 2 rings (SSSR count). The molecule has 5 nitrogen and oxygen atoms in total. The Hall–Kier alpha value is -1.62. The number of pyridine rings is 1. The second-order valence-electron chi connectivity index (χ2n) is 5.21. The molecule has 1 fully saturated rings. The first-order valence-corrected chi connectivity index (χ1v) is 6.83. The Bertz CT molecular complexity index is 451. The molecular weight excluding hydrogens is 238 g/mol. The number of nitrogens with one attached hydrogen (secondary N) is 1. The molecule has 0 aromatic carbocycles. The molecule has 2 heterocycles. The van der Waals surface area contributed by atoms with Crippen LogP contribution in [0.4, 0.5) is 5.82 Å². The van der Waals surface area contributed by atoms with Crippen LogP contribution in [0.5, 0.6) is 0 Å². The zero-order chi connectivity index (χ0) is 13.8. The number of amidine groups is 1. The lowest BCUT2D eigenvalue weighted by atomic mass is 10.2. The predicted octanol–water partition coefficient (Wildman–Crippen LogP) is 1.21. The fraction of sp³-hybridized carbons (Fsp3) is 0.571. The van der Waals surface area contributed by atoms with Gasteiger partial charge in [0, 0.05) is 25.8 Å². The number of likely N-dealkylation sites (tertiary alicyclic amines) is 1. The van der Waals surface area contributed by atoms with Crippen LogP contribution in [0.3, 0.4) is 0 Å². The number of hydrogen-bond acceptors (Lipinski definition) is 4. The number of hydrogen-bond donors (Lipinski definition) is 2. The van der Waals surface area contributed by atoms with Crippen LogP contribution in [-0.4, -0.2) is 48.9 Å². The highest BCUT2D eigenvalue weighted by Gasteiger charge is 2.15. The number of nitrogens with two attached hydrogens (primary N) is 1. The molecule has 104 valence electrons. The van der Waals surface area contributed by atoms with Gasteiger partial charge in [-0.05, 0) is 45.0 Å². The molecule has 0 spiro atoms. The number of aromatic nitrogens is 1. The quantitative estimate of drug-likeness (QED) is 0.617. The van der Waals surface area contributed by atoms with Gasteiger partial charge in [0.2, 0.25) is 0 Å². The van der Waals surface area contributed by atoms with E-state index in [9.17, 15) is 0 Å². The molecule has 0 unspecified atom stereocenters. The summed E-state index contributed by atoms with van der Waals surface area (Å²) in [6, 6.07) is 3.78. The van der Waals surface area contributed by atoms with E-state index in [1.807, 2.05) is 26.1 Å². The lowest BCUT2D eigenvalue weighted by Gasteiger charge is -2.24. The lowest BCUT2D eigenvalue weighted by Crippen LogP contribution is -2.33. The van der Waals surface area contributed by atoms with Crippen LogP contribution in [0.15, 0.2) is 12.1 Å². The van der Waals surface area contributed by atoms with Crippen LogP contribution < -0.4 is 10.6 Å². The standard InChI is InChI=1S/C14H23N5/c1-11-5-6-12(13(15)16)14(17-11)18(2)9-10-19-7-3-4-8-19/h5-6H,3-4,7-10H2,1-2H3,(H3,15,16). The van der Waals surface area contributed by atoms with Crippen molar-refractivity contribution in [3.8, 4) is 0 Å². The van der Waals surface area contributed by atoms with Gasteiger partial charge in [-0.3, -0.25) is 5.41 Å². The molecular formula is C14H23N5. The molecule has 1 aromatic rings. The molecule has 3 N–H and O–H groups in total. The van der Waals surface area contributed by atoms with Crippen molar-refractivity contribution in [2.45, 2.75) is 19.8 Å². The highest BCUT2D eigenvalue weighted by Crippen LogP contribution is 2.17. The molecule has 1 aliphatic rings. The normalized spacial score (nSPS) is 15.7. The highest BCUT2D eigenvalue weighted by molar-refractivity contribution is 5.99. The lowest BCUT2D eigenvalue weighted by molar-refractivity contribution is 0.346. The predicted molar refractivity (Wildman–Crippen MR) is 78.9 cm³/mol. The van der Waals surface area contributed by atoms with Gasteiger partial charge >= 0.3 is 0 Å². The number of likely N-dealkylation sites (N-methyl/N-ethyl adjacent to an activating group) is 1. The summed E-state index contributed by atoms with van der Waals surface area (Å²) in [5, 5.41) is 7.64. The molecule has 0 saturated carbocycles. The number of nitrogens with zero attached hydrogens (tertiary/aromatic N) is 3. The summed E-state index contributed by atoms with van der Waals surface area (Å²) in [6.07, 6.45) is 2.62. The van der Waals surface area contributed by atoms with Crippen molar-refractivity contribution in [3.05, 3.63) is 23.4 Å². The zero-order valence-electron chi connectivity index (χ0n) is 11.8. The molecule has 0 radical (unpaired) electrons. The van der Waals surface area contributed by atoms with Crippen molar-refractivity contribution >= 4 is 11.7 Å². The summed E-state index contributed by atoms with van der Waals surface area (Å²) in [5.41, 5.74) is 7.30. The summed E-state index contributed by atoms with van der Waals surface area (Å²) in [4.78, 5) is 9.10. The van der Waals surface area contributed by atoms with Crippen molar-refractivity contribution < 1.29 is 0 Å². The summed E-state index contributed by atoms with van der Waals surface area (Å²) in [6.45, 7) is 6.32. The third kappa shape index (κ3) is 3.44. The largest absolute Gasteiger partial charge is 0.384 e. The van der Waals surface area contributed by atoms with Gasteiger partial charge in [-0.1, -0.05) is 0 Å². The van der Waals surface area contributed by atoms with E-state index in [1.165, 1.54) is 25.9 Å². The second kappa shape index (κ2) is 6.02. The maximum Gasteiger partial charge on any atom is 0.139 e. The number of anilines is 1. The Morgan fingerprint density at radius 2 is 2.11 bits per heavy atom. The maximum absolute atomic E-state index is 7.64. The Kier molecular flexibility index (Phi) is 4.37. The molecule has 19 heavy (non-hydrogen) atoms. The second-order valence-corrected chi connectivity index (χ2v) is 5.21. The van der Waals surface area contributed by atoms with Crippen molar-refractivity contribution in [2.75, 3.05) is 38.1 Å². The van der Waals surface area contributed by atoms with E-state index < -0.39 is 0 Å². The molecule has 1 aromatic heterocycles. The average molecular weight is 261 g/mol. The topological polar surface area (TPSA) is 69.2 Å². The SMILES string of the molecule is Cc1ccc(C(=N)N)c(N(C)CCN2CCCC2)n1. The maximum atomic E-state index is 7.64. The Balaban J connectivity index is 2.06. The van der Waals surface area contributed by atoms with Gasteiger partial charge in [0.1, 0.15) is 11.7 Å². The molecule has 1 aliphatic heterocycles. The van der Waals surface area contributed by atoms with Crippen molar-refractivity contribution in [1.29, 1.82) is 5.41 Å². The molecule has 1 saturated heterocycles. The van der Waals surface area contributed by atoms with Crippen LogP contribution in [0.2, 0.25) is 0 Å². The first-order valence-electron chi connectivity index (χ1n) is 6.83.